The number of rotatable bonds is 2. The maximum absolute atomic E-state index is 9.82. The lowest BCUT2D eigenvalue weighted by Crippen LogP contribution is -2.50. The quantitative estimate of drug-likeness (QED) is 0.853. The van der Waals surface area contributed by atoms with E-state index >= 15 is 0 Å². The van der Waals surface area contributed by atoms with Gasteiger partial charge in [0.2, 0.25) is 0 Å². The molecule has 0 saturated heterocycles. The summed E-state index contributed by atoms with van der Waals surface area (Å²) in [6.45, 7) is 9.08. The highest BCUT2D eigenvalue weighted by Crippen LogP contribution is 2.39. The van der Waals surface area contributed by atoms with E-state index in [0.717, 1.165) is 5.56 Å². The first-order chi connectivity index (χ1) is 8.97. The van der Waals surface area contributed by atoms with E-state index in [2.05, 4.69) is 27.7 Å². The van der Waals surface area contributed by atoms with Gasteiger partial charge in [0, 0.05) is 5.56 Å². The Morgan fingerprint density at radius 1 is 1.21 bits per heavy atom. The van der Waals surface area contributed by atoms with Crippen LogP contribution in [0.15, 0.2) is 18.2 Å². The molecule has 0 amide bonds. The number of benzene rings is 1. The highest BCUT2D eigenvalue weighted by Gasteiger charge is 2.45. The zero-order valence-electron chi connectivity index (χ0n) is 12.0. The van der Waals surface area contributed by atoms with Crippen molar-refractivity contribution in [3.8, 4) is 11.5 Å². The lowest BCUT2D eigenvalue weighted by molar-refractivity contribution is 0.192. The fourth-order valence-electron chi connectivity index (χ4n) is 2.60. The predicted molar refractivity (Wildman–Crippen MR) is 79.1 cm³/mol. The molecule has 0 aliphatic carbocycles. The normalized spacial score (nSPS) is 19.9. The van der Waals surface area contributed by atoms with E-state index < -0.39 is 18.6 Å². The molecule has 106 valence electrons. The molecule has 0 atom stereocenters. The van der Waals surface area contributed by atoms with Crippen LogP contribution in [-0.2, 0) is 15.1 Å². The number of phenolic OH excluding ortho intramolecular Hbond substituents is 1. The summed E-state index contributed by atoms with van der Waals surface area (Å²) in [6, 6.07) is 5.39. The number of hydrogen-bond donors (Lipinski definition) is 1. The van der Waals surface area contributed by atoms with E-state index in [4.69, 9.17) is 13.0 Å². The van der Waals surface area contributed by atoms with Gasteiger partial charge in [0.25, 0.3) is 0 Å². The molecule has 0 bridgehead atoms. The molecule has 0 aromatic heterocycles. The van der Waals surface area contributed by atoms with Crippen molar-refractivity contribution in [2.24, 2.45) is 0 Å². The van der Waals surface area contributed by atoms with Crippen molar-refractivity contribution >= 4 is 18.6 Å². The molecule has 0 unspecified atom stereocenters. The number of hydrogen-bond acceptors (Lipinski definition) is 4. The van der Waals surface area contributed by atoms with Crippen molar-refractivity contribution in [3.63, 3.8) is 0 Å². The number of phenols is 1. The van der Waals surface area contributed by atoms with Crippen LogP contribution in [0.25, 0.3) is 0 Å². The van der Waals surface area contributed by atoms with E-state index in [1.165, 1.54) is 0 Å². The average molecular weight is 298 g/mol. The topological polar surface area (TPSA) is 47.9 Å². The first-order valence-electron chi connectivity index (χ1n) is 6.69. The van der Waals surface area contributed by atoms with Crippen molar-refractivity contribution in [2.75, 3.05) is 0 Å². The minimum Gasteiger partial charge on any atom is -0.522 e. The van der Waals surface area contributed by atoms with Gasteiger partial charge in [0.1, 0.15) is 0 Å². The molecule has 0 fully saturated rings. The smallest absolute Gasteiger partial charge is 0.357 e. The van der Waals surface area contributed by atoms with Crippen LogP contribution in [0.5, 0.6) is 11.5 Å². The average Bonchev–Trinajstić information content (AvgIpc) is 2.30. The Hall–Kier alpha value is -0.826. The van der Waals surface area contributed by atoms with E-state index in [-0.39, 0.29) is 5.75 Å². The summed E-state index contributed by atoms with van der Waals surface area (Å²) in [5.41, 5.74) is 1.67. The minimum atomic E-state index is -2.25. The molecule has 6 heteroatoms. The molecule has 1 aromatic rings. The van der Waals surface area contributed by atoms with Crippen LogP contribution in [0.4, 0.5) is 0 Å². The van der Waals surface area contributed by atoms with Crippen LogP contribution in [0, 0.1) is 0 Å². The monoisotopic (exact) mass is 298 g/mol. The van der Waals surface area contributed by atoms with E-state index in [1.54, 1.807) is 6.07 Å². The summed E-state index contributed by atoms with van der Waals surface area (Å²) in [4.78, 5) is 0. The molecular weight excluding hydrogens is 276 g/mol. The molecule has 1 aliphatic rings. The van der Waals surface area contributed by atoms with Gasteiger partial charge in [-0.15, -0.1) is 0 Å². The Morgan fingerprint density at radius 2 is 1.89 bits per heavy atom. The lowest BCUT2D eigenvalue weighted by atomic mass is 10.2. The second kappa shape index (κ2) is 5.66. The molecule has 1 aromatic carbocycles. The van der Waals surface area contributed by atoms with Crippen molar-refractivity contribution < 1.29 is 18.1 Å². The first-order valence-corrected chi connectivity index (χ1v) is 9.81. The van der Waals surface area contributed by atoms with Gasteiger partial charge in [-0.25, -0.2) is 0 Å². The second-order valence-electron chi connectivity index (χ2n) is 5.49. The van der Waals surface area contributed by atoms with Crippen LogP contribution in [0.1, 0.15) is 33.3 Å². The van der Waals surface area contributed by atoms with Gasteiger partial charge in [0.15, 0.2) is 11.5 Å². The number of aromatic hydroxyl groups is 1. The third kappa shape index (κ3) is 2.71. The minimum absolute atomic E-state index is 0.167. The van der Waals surface area contributed by atoms with Crippen LogP contribution < -0.4 is 4.43 Å². The van der Waals surface area contributed by atoms with Gasteiger partial charge in [0.05, 0.1) is 6.61 Å². The van der Waals surface area contributed by atoms with E-state index in [1.807, 2.05) is 12.1 Å². The van der Waals surface area contributed by atoms with Gasteiger partial charge in [-0.1, -0.05) is 39.8 Å². The molecule has 0 spiro atoms. The summed E-state index contributed by atoms with van der Waals surface area (Å²) in [5.74, 6) is 0.699. The molecule has 2 rings (SSSR count). The van der Waals surface area contributed by atoms with Crippen molar-refractivity contribution in [1.29, 1.82) is 0 Å². The van der Waals surface area contributed by atoms with Gasteiger partial charge >= 0.3 is 18.6 Å². The lowest BCUT2D eigenvalue weighted by Gasteiger charge is -2.39. The Morgan fingerprint density at radius 3 is 2.53 bits per heavy atom. The van der Waals surface area contributed by atoms with Gasteiger partial charge in [-0.2, -0.15) is 0 Å². The predicted octanol–water partition coefficient (Wildman–Crippen LogP) is 2.58. The van der Waals surface area contributed by atoms with Crippen LogP contribution in [0.2, 0.25) is 11.1 Å². The summed E-state index contributed by atoms with van der Waals surface area (Å²) in [6.07, 6.45) is 0. The van der Waals surface area contributed by atoms with Crippen LogP contribution in [0.3, 0.4) is 0 Å². The second-order valence-corrected chi connectivity index (χ2v) is 11.2. The molecule has 1 heterocycles. The molecule has 1 aliphatic heterocycles. The number of fused-ring (bicyclic) bond motifs is 1. The standard InChI is InChI=1S/C13H22O4Si2/c1-9(2)19(10(3)4)15-8-11-6-5-7-12(14)13(11)16-18-17-19/h5-7,9-10,14H,8,18H2,1-4H3. The zero-order valence-corrected chi connectivity index (χ0v) is 14.4. The molecule has 4 nitrogen and oxygen atoms in total. The van der Waals surface area contributed by atoms with Gasteiger partial charge in [-0.05, 0) is 17.1 Å². The maximum Gasteiger partial charge on any atom is 0.357 e. The van der Waals surface area contributed by atoms with Crippen molar-refractivity contribution in [1.82, 2.24) is 0 Å². The van der Waals surface area contributed by atoms with Crippen LogP contribution >= 0.6 is 0 Å². The fourth-order valence-corrected chi connectivity index (χ4v) is 9.40. The summed E-state index contributed by atoms with van der Waals surface area (Å²) >= 11 is 0. The highest BCUT2D eigenvalue weighted by atomic mass is 28.4. The van der Waals surface area contributed by atoms with Gasteiger partial charge < -0.3 is 18.1 Å². The Labute approximate surface area is 118 Å². The van der Waals surface area contributed by atoms with E-state index in [9.17, 15) is 5.11 Å². The Kier molecular flexibility index (Phi) is 4.34. The largest absolute Gasteiger partial charge is 0.522 e. The summed E-state index contributed by atoms with van der Waals surface area (Å²) < 4.78 is 18.1. The van der Waals surface area contributed by atoms with Crippen molar-refractivity contribution in [2.45, 2.75) is 45.4 Å². The molecular formula is C13H22O4Si2. The van der Waals surface area contributed by atoms with Crippen molar-refractivity contribution in [3.05, 3.63) is 23.8 Å². The molecule has 0 saturated carbocycles. The maximum atomic E-state index is 9.82. The highest BCUT2D eigenvalue weighted by molar-refractivity contribution is 6.73. The van der Waals surface area contributed by atoms with Crippen LogP contribution in [-0.4, -0.2) is 23.7 Å². The third-order valence-corrected chi connectivity index (χ3v) is 10.1. The Bertz CT molecular complexity index is 440. The zero-order chi connectivity index (χ0) is 14.0. The molecule has 1 N–H and O–H groups in total. The fraction of sp³-hybridized carbons (Fsp3) is 0.538. The SMILES string of the molecule is CC(C)[Si]1(C(C)C)OCc2cccc(O)c2O[SiH2]O1. The summed E-state index contributed by atoms with van der Waals surface area (Å²) in [7, 11) is -3.44. The molecule has 19 heavy (non-hydrogen) atoms. The third-order valence-electron chi connectivity index (χ3n) is 3.63. The molecule has 0 radical (unpaired) electrons. The van der Waals surface area contributed by atoms with E-state index in [0.29, 0.717) is 23.4 Å². The van der Waals surface area contributed by atoms with Gasteiger partial charge in [-0.3, -0.25) is 0 Å². The first kappa shape index (κ1) is 14.6. The number of para-hydroxylation sites is 1. The Balaban J connectivity index is 2.30. The summed E-state index contributed by atoms with van der Waals surface area (Å²) in [5, 5.41) is 9.82.